The molecule has 0 bridgehead atoms. The van der Waals surface area contributed by atoms with Crippen molar-refractivity contribution in [2.24, 2.45) is 5.73 Å². The van der Waals surface area contributed by atoms with E-state index in [0.717, 1.165) is 12.2 Å². The zero-order chi connectivity index (χ0) is 13.3. The number of anilines is 1. The third kappa shape index (κ3) is 2.42. The number of halogens is 1. The summed E-state index contributed by atoms with van der Waals surface area (Å²) in [5, 5.41) is 0.520. The molecular weight excluding hydrogens is 270 g/mol. The molecule has 0 saturated carbocycles. The number of nitrogens with zero attached hydrogens (tertiary/aromatic N) is 2. The third-order valence-electron chi connectivity index (χ3n) is 3.04. The lowest BCUT2D eigenvalue weighted by Crippen LogP contribution is -2.49. The average molecular weight is 284 g/mol. The number of likely N-dealkylation sites (N-methyl/N-ethyl adjacent to an activating group) is 1. The predicted octanol–water partition coefficient (Wildman–Crippen LogP) is 1.25. The van der Waals surface area contributed by atoms with Gasteiger partial charge < -0.3 is 15.5 Å². The number of hydrogen-bond donors (Lipinski definition) is 1. The second-order valence-corrected chi connectivity index (χ2v) is 5.08. The number of amides is 1. The van der Waals surface area contributed by atoms with Crippen LogP contribution < -0.4 is 10.6 Å². The highest BCUT2D eigenvalue weighted by molar-refractivity contribution is 7.80. The Morgan fingerprint density at radius 2 is 2.17 bits per heavy atom. The second kappa shape index (κ2) is 5.12. The van der Waals surface area contributed by atoms with Crippen LogP contribution in [0.3, 0.4) is 0 Å². The summed E-state index contributed by atoms with van der Waals surface area (Å²) in [5.74, 6) is 0.0788. The molecule has 1 aromatic carbocycles. The third-order valence-corrected chi connectivity index (χ3v) is 3.56. The molecule has 1 fully saturated rings. The molecule has 1 amide bonds. The lowest BCUT2D eigenvalue weighted by Gasteiger charge is -2.34. The van der Waals surface area contributed by atoms with E-state index in [4.69, 9.17) is 29.6 Å². The van der Waals surface area contributed by atoms with Crippen LogP contribution in [0, 0.1) is 0 Å². The Hall–Kier alpha value is -1.33. The number of carbonyl (C=O) groups is 1. The smallest absolute Gasteiger partial charge is 0.241 e. The first kappa shape index (κ1) is 13.1. The van der Waals surface area contributed by atoms with Crippen LogP contribution in [0.1, 0.15) is 5.56 Å². The fourth-order valence-electron chi connectivity index (χ4n) is 1.98. The predicted molar refractivity (Wildman–Crippen MR) is 77.2 cm³/mol. The minimum Gasteiger partial charge on any atom is -0.389 e. The molecule has 1 heterocycles. The summed E-state index contributed by atoms with van der Waals surface area (Å²) in [4.78, 5) is 15.7. The van der Waals surface area contributed by atoms with Gasteiger partial charge in [0.2, 0.25) is 5.91 Å². The van der Waals surface area contributed by atoms with Crippen LogP contribution in [0.15, 0.2) is 18.2 Å². The Bertz CT molecular complexity index is 506. The van der Waals surface area contributed by atoms with E-state index in [1.165, 1.54) is 0 Å². The van der Waals surface area contributed by atoms with Gasteiger partial charge in [0.15, 0.2) is 0 Å². The van der Waals surface area contributed by atoms with Crippen molar-refractivity contribution in [2.45, 2.75) is 0 Å². The first-order valence-electron chi connectivity index (χ1n) is 5.58. The van der Waals surface area contributed by atoms with E-state index in [-0.39, 0.29) is 10.9 Å². The van der Waals surface area contributed by atoms with Crippen LogP contribution in [0.25, 0.3) is 0 Å². The molecule has 0 atom stereocenters. The van der Waals surface area contributed by atoms with Crippen molar-refractivity contribution in [1.29, 1.82) is 0 Å². The number of piperazine rings is 1. The zero-order valence-corrected chi connectivity index (χ0v) is 11.6. The summed E-state index contributed by atoms with van der Waals surface area (Å²) in [6.45, 7) is 1.76. The molecule has 1 aliphatic heterocycles. The fraction of sp³-hybridized carbons (Fsp3) is 0.333. The largest absolute Gasteiger partial charge is 0.389 e. The van der Waals surface area contributed by atoms with E-state index in [2.05, 4.69) is 0 Å². The Morgan fingerprint density at radius 1 is 1.44 bits per heavy atom. The van der Waals surface area contributed by atoms with E-state index in [0.29, 0.717) is 23.7 Å². The Morgan fingerprint density at radius 3 is 2.78 bits per heavy atom. The highest BCUT2D eigenvalue weighted by Gasteiger charge is 2.24. The van der Waals surface area contributed by atoms with Crippen molar-refractivity contribution >= 4 is 40.4 Å². The van der Waals surface area contributed by atoms with Gasteiger partial charge in [-0.05, 0) is 12.1 Å². The van der Waals surface area contributed by atoms with Crippen molar-refractivity contribution in [3.8, 4) is 0 Å². The molecule has 0 spiro atoms. The van der Waals surface area contributed by atoms with Crippen LogP contribution >= 0.6 is 23.8 Å². The van der Waals surface area contributed by atoms with E-state index < -0.39 is 0 Å². The molecule has 6 heteroatoms. The van der Waals surface area contributed by atoms with Crippen LogP contribution in [0.2, 0.25) is 5.02 Å². The number of benzene rings is 1. The van der Waals surface area contributed by atoms with Crippen molar-refractivity contribution in [1.82, 2.24) is 4.90 Å². The van der Waals surface area contributed by atoms with Gasteiger partial charge >= 0.3 is 0 Å². The minimum atomic E-state index is 0.0788. The monoisotopic (exact) mass is 283 g/mol. The van der Waals surface area contributed by atoms with Crippen molar-refractivity contribution in [3.63, 3.8) is 0 Å². The summed E-state index contributed by atoms with van der Waals surface area (Å²) < 4.78 is 0. The highest BCUT2D eigenvalue weighted by atomic mass is 35.5. The topological polar surface area (TPSA) is 49.6 Å². The highest BCUT2D eigenvalue weighted by Crippen LogP contribution is 2.28. The fourth-order valence-corrected chi connectivity index (χ4v) is 2.53. The molecule has 2 N–H and O–H groups in total. The van der Waals surface area contributed by atoms with Gasteiger partial charge in [-0.25, -0.2) is 0 Å². The van der Waals surface area contributed by atoms with Gasteiger partial charge in [-0.1, -0.05) is 29.9 Å². The molecule has 1 aliphatic rings. The molecular formula is C12H14ClN3OS. The number of thiocarbonyl (C=S) groups is 1. The number of rotatable bonds is 2. The summed E-state index contributed by atoms with van der Waals surface area (Å²) in [7, 11) is 1.80. The normalized spacial score (nSPS) is 16.0. The standard InChI is InChI=1S/C12H14ClN3OS/c1-15-5-6-16(7-10(15)17)9-4-2-3-8(13)11(9)12(14)18/h2-4H,5-7H2,1H3,(H2,14,18). The van der Waals surface area contributed by atoms with Crippen molar-refractivity contribution in [2.75, 3.05) is 31.6 Å². The molecule has 1 aromatic rings. The summed E-state index contributed by atoms with van der Waals surface area (Å²) in [6, 6.07) is 5.47. The lowest BCUT2D eigenvalue weighted by atomic mass is 10.1. The molecule has 18 heavy (non-hydrogen) atoms. The second-order valence-electron chi connectivity index (χ2n) is 4.24. The quantitative estimate of drug-likeness (QED) is 0.830. The molecule has 0 radical (unpaired) electrons. The van der Waals surface area contributed by atoms with Gasteiger partial charge in [-0.3, -0.25) is 4.79 Å². The van der Waals surface area contributed by atoms with E-state index >= 15 is 0 Å². The van der Waals surface area contributed by atoms with Gasteiger partial charge in [0, 0.05) is 25.8 Å². The van der Waals surface area contributed by atoms with Gasteiger partial charge in [0.25, 0.3) is 0 Å². The maximum absolute atomic E-state index is 11.7. The molecule has 2 rings (SSSR count). The molecule has 0 aliphatic carbocycles. The van der Waals surface area contributed by atoms with E-state index in [1.807, 2.05) is 17.0 Å². The lowest BCUT2D eigenvalue weighted by molar-refractivity contribution is -0.129. The van der Waals surface area contributed by atoms with Crippen molar-refractivity contribution in [3.05, 3.63) is 28.8 Å². The van der Waals surface area contributed by atoms with E-state index in [9.17, 15) is 4.79 Å². The average Bonchev–Trinajstić information content (AvgIpc) is 2.32. The summed E-state index contributed by atoms with van der Waals surface area (Å²) in [5.41, 5.74) is 7.18. The Labute approximate surface area is 116 Å². The zero-order valence-electron chi connectivity index (χ0n) is 10.0. The Kier molecular flexibility index (Phi) is 3.73. The summed E-state index contributed by atoms with van der Waals surface area (Å²) >= 11 is 11.1. The first-order chi connectivity index (χ1) is 8.50. The SMILES string of the molecule is CN1CCN(c2cccc(Cl)c2C(N)=S)CC1=O. The van der Waals surface area contributed by atoms with Gasteiger partial charge in [-0.15, -0.1) is 0 Å². The van der Waals surface area contributed by atoms with Crippen LogP contribution in [0.4, 0.5) is 5.69 Å². The number of nitrogens with two attached hydrogens (primary N) is 1. The Balaban J connectivity index is 2.37. The number of carbonyl (C=O) groups excluding carboxylic acids is 1. The van der Waals surface area contributed by atoms with Gasteiger partial charge in [0.1, 0.15) is 4.99 Å². The van der Waals surface area contributed by atoms with Gasteiger partial charge in [-0.2, -0.15) is 0 Å². The number of hydrogen-bond acceptors (Lipinski definition) is 3. The van der Waals surface area contributed by atoms with Crippen molar-refractivity contribution < 1.29 is 4.79 Å². The van der Waals surface area contributed by atoms with Crippen LogP contribution in [0.5, 0.6) is 0 Å². The molecule has 96 valence electrons. The molecule has 0 aromatic heterocycles. The van der Waals surface area contributed by atoms with Crippen LogP contribution in [-0.4, -0.2) is 42.5 Å². The van der Waals surface area contributed by atoms with Crippen LogP contribution in [-0.2, 0) is 4.79 Å². The minimum absolute atomic E-state index is 0.0788. The molecule has 0 unspecified atom stereocenters. The molecule has 4 nitrogen and oxygen atoms in total. The molecule has 1 saturated heterocycles. The summed E-state index contributed by atoms with van der Waals surface area (Å²) in [6.07, 6.45) is 0. The van der Waals surface area contributed by atoms with E-state index in [1.54, 1.807) is 18.0 Å². The maximum Gasteiger partial charge on any atom is 0.241 e. The first-order valence-corrected chi connectivity index (χ1v) is 6.36. The maximum atomic E-state index is 11.7. The van der Waals surface area contributed by atoms with Gasteiger partial charge in [0.05, 0.1) is 17.1 Å².